The molecule has 1 aromatic rings. The van der Waals surface area contributed by atoms with Crippen LogP contribution in [0.2, 0.25) is 5.02 Å². The molecule has 22 heavy (non-hydrogen) atoms. The van der Waals surface area contributed by atoms with Gasteiger partial charge in [0.2, 0.25) is 0 Å². The minimum absolute atomic E-state index is 0.0454. The Labute approximate surface area is 133 Å². The van der Waals surface area contributed by atoms with E-state index in [4.69, 9.17) is 11.6 Å². The first kappa shape index (κ1) is 16.2. The van der Waals surface area contributed by atoms with Crippen molar-refractivity contribution >= 4 is 29.0 Å². The van der Waals surface area contributed by atoms with Crippen LogP contribution in [0.15, 0.2) is 47.6 Å². The monoisotopic (exact) mass is 319 g/mol. The topological polar surface area (TPSA) is 46.2 Å². The number of carbonyl (C=O) groups excluding carboxylic acids is 2. The second-order valence-electron chi connectivity index (χ2n) is 4.95. The Kier molecular flexibility index (Phi) is 4.62. The maximum absolute atomic E-state index is 13.6. The summed E-state index contributed by atoms with van der Waals surface area (Å²) in [5, 5.41) is 2.28. The van der Waals surface area contributed by atoms with E-state index in [0.29, 0.717) is 23.1 Å². The van der Waals surface area contributed by atoms with E-state index in [1.807, 2.05) is 6.92 Å². The minimum Gasteiger partial charge on any atom is -0.288 e. The summed E-state index contributed by atoms with van der Waals surface area (Å²) in [7, 11) is 0. The Morgan fingerprint density at radius 3 is 2.64 bits per heavy atom. The molecule has 0 spiro atoms. The minimum atomic E-state index is -0.517. The molecular weight excluding hydrogens is 305 g/mol. The van der Waals surface area contributed by atoms with Crippen LogP contribution in [-0.2, 0) is 9.59 Å². The highest BCUT2D eigenvalue weighted by Crippen LogP contribution is 2.27. The summed E-state index contributed by atoms with van der Waals surface area (Å²) in [6.45, 7) is 7.23. The molecular formula is C17H15ClFNO2. The lowest BCUT2D eigenvalue weighted by Crippen LogP contribution is -2.37. The van der Waals surface area contributed by atoms with E-state index in [1.54, 1.807) is 19.1 Å². The number of amides is 2. The highest BCUT2D eigenvalue weighted by molar-refractivity contribution is 6.30. The molecule has 114 valence electrons. The molecule has 2 rings (SSSR count). The molecule has 1 aromatic carbocycles. The number of hydrogen-bond donors (Lipinski definition) is 1. The van der Waals surface area contributed by atoms with E-state index in [1.165, 1.54) is 12.1 Å². The lowest BCUT2D eigenvalue weighted by atomic mass is 9.93. The molecule has 0 aromatic heterocycles. The molecule has 3 nitrogen and oxygen atoms in total. The van der Waals surface area contributed by atoms with Crippen molar-refractivity contribution in [2.24, 2.45) is 0 Å². The number of hydrogen-bond acceptors (Lipinski definition) is 2. The van der Waals surface area contributed by atoms with Gasteiger partial charge in [-0.3, -0.25) is 14.9 Å². The average Bonchev–Trinajstić information content (AvgIpc) is 2.48. The van der Waals surface area contributed by atoms with Gasteiger partial charge in [-0.25, -0.2) is 4.39 Å². The van der Waals surface area contributed by atoms with Crippen LogP contribution in [-0.4, -0.2) is 11.8 Å². The van der Waals surface area contributed by atoms with Gasteiger partial charge >= 0.3 is 0 Å². The quantitative estimate of drug-likeness (QED) is 0.680. The predicted octanol–water partition coefficient (Wildman–Crippen LogP) is 3.80. The van der Waals surface area contributed by atoms with Crippen molar-refractivity contribution in [1.82, 2.24) is 5.32 Å². The van der Waals surface area contributed by atoms with Crippen LogP contribution in [0.4, 0.5) is 4.39 Å². The van der Waals surface area contributed by atoms with Crippen molar-refractivity contribution in [3.05, 3.63) is 64.0 Å². The van der Waals surface area contributed by atoms with Gasteiger partial charge in [0.25, 0.3) is 11.8 Å². The van der Waals surface area contributed by atoms with Crippen molar-refractivity contribution < 1.29 is 14.0 Å². The first-order valence-corrected chi connectivity index (χ1v) is 7.14. The molecule has 1 N–H and O–H groups in total. The molecule has 0 atom stereocenters. The van der Waals surface area contributed by atoms with Crippen molar-refractivity contribution in [3.63, 3.8) is 0 Å². The van der Waals surface area contributed by atoms with Gasteiger partial charge in [0.05, 0.1) is 5.02 Å². The Hall–Kier alpha value is -2.20. The Morgan fingerprint density at radius 2 is 2.05 bits per heavy atom. The third-order valence-corrected chi connectivity index (χ3v) is 3.90. The zero-order valence-electron chi connectivity index (χ0n) is 12.3. The predicted molar refractivity (Wildman–Crippen MR) is 84.7 cm³/mol. The Morgan fingerprint density at radius 1 is 1.36 bits per heavy atom. The van der Waals surface area contributed by atoms with Gasteiger partial charge in [-0.2, -0.15) is 0 Å². The first-order chi connectivity index (χ1) is 10.3. The summed E-state index contributed by atoms with van der Waals surface area (Å²) >= 11 is 5.68. The van der Waals surface area contributed by atoms with E-state index in [9.17, 15) is 14.0 Å². The van der Waals surface area contributed by atoms with Gasteiger partial charge in [0.15, 0.2) is 0 Å². The molecule has 0 bridgehead atoms. The lowest BCUT2D eigenvalue weighted by molar-refractivity contribution is -0.126. The normalized spacial score (nSPS) is 16.2. The molecule has 1 aliphatic heterocycles. The van der Waals surface area contributed by atoms with Gasteiger partial charge < -0.3 is 0 Å². The van der Waals surface area contributed by atoms with Gasteiger partial charge in [0.1, 0.15) is 5.82 Å². The van der Waals surface area contributed by atoms with Crippen molar-refractivity contribution in [2.45, 2.75) is 20.3 Å². The van der Waals surface area contributed by atoms with Crippen molar-refractivity contribution in [1.29, 1.82) is 0 Å². The molecule has 5 heteroatoms. The fourth-order valence-corrected chi connectivity index (χ4v) is 2.30. The number of rotatable bonds is 3. The molecule has 0 fully saturated rings. The number of benzene rings is 1. The summed E-state index contributed by atoms with van der Waals surface area (Å²) in [4.78, 5) is 23.5. The fraction of sp³-hybridized carbons (Fsp3) is 0.176. The first-order valence-electron chi connectivity index (χ1n) is 6.77. The zero-order valence-corrected chi connectivity index (χ0v) is 13.1. The molecule has 0 saturated heterocycles. The zero-order chi connectivity index (χ0) is 16.4. The van der Waals surface area contributed by atoms with Crippen LogP contribution in [0.5, 0.6) is 0 Å². The van der Waals surface area contributed by atoms with Gasteiger partial charge in [-0.15, -0.1) is 0 Å². The van der Waals surface area contributed by atoms with E-state index in [2.05, 4.69) is 11.9 Å². The SMILES string of the molecule is C=C1C(=O)NC(=O)C(/C=C(\CC)c2ccc(Cl)c(F)c2)=C1C. The van der Waals surface area contributed by atoms with Gasteiger partial charge in [-0.05, 0) is 48.3 Å². The van der Waals surface area contributed by atoms with Crippen LogP contribution in [0.1, 0.15) is 25.8 Å². The standard InChI is InChI=1S/C17H15ClFNO2/c1-4-11(12-5-6-14(18)15(19)8-12)7-13-9(2)10(3)16(21)20-17(13)22/h5-8H,3-4H2,1-2H3,(H,20,21,22)/b11-7+. The summed E-state index contributed by atoms with van der Waals surface area (Å²) in [6, 6.07) is 4.49. The van der Waals surface area contributed by atoms with Crippen LogP contribution in [0, 0.1) is 5.82 Å². The molecule has 1 heterocycles. The smallest absolute Gasteiger partial charge is 0.258 e. The fourth-order valence-electron chi connectivity index (χ4n) is 2.18. The molecule has 2 amide bonds. The third-order valence-electron chi connectivity index (χ3n) is 3.59. The van der Waals surface area contributed by atoms with Crippen LogP contribution in [0.25, 0.3) is 5.57 Å². The Balaban J connectivity index is 2.52. The van der Waals surface area contributed by atoms with E-state index >= 15 is 0 Å². The average molecular weight is 320 g/mol. The van der Waals surface area contributed by atoms with E-state index in [-0.39, 0.29) is 10.6 Å². The summed E-state index contributed by atoms with van der Waals surface area (Å²) in [6.07, 6.45) is 2.25. The van der Waals surface area contributed by atoms with E-state index in [0.717, 1.165) is 5.57 Å². The van der Waals surface area contributed by atoms with Crippen molar-refractivity contribution in [3.8, 4) is 0 Å². The maximum Gasteiger partial charge on any atom is 0.258 e. The number of carbonyl (C=O) groups is 2. The van der Waals surface area contributed by atoms with Crippen LogP contribution in [0.3, 0.4) is 0 Å². The summed E-state index contributed by atoms with van der Waals surface area (Å²) in [5.74, 6) is -1.48. The second kappa shape index (κ2) is 6.28. The molecule has 0 radical (unpaired) electrons. The molecule has 0 unspecified atom stereocenters. The lowest BCUT2D eigenvalue weighted by Gasteiger charge is -2.18. The van der Waals surface area contributed by atoms with Gasteiger partial charge in [0, 0.05) is 11.1 Å². The highest BCUT2D eigenvalue weighted by Gasteiger charge is 2.25. The molecule has 1 aliphatic rings. The highest BCUT2D eigenvalue weighted by atomic mass is 35.5. The van der Waals surface area contributed by atoms with Crippen molar-refractivity contribution in [2.75, 3.05) is 0 Å². The number of halogens is 2. The van der Waals surface area contributed by atoms with E-state index < -0.39 is 17.6 Å². The van der Waals surface area contributed by atoms with Crippen LogP contribution < -0.4 is 5.32 Å². The third kappa shape index (κ3) is 3.02. The Bertz CT molecular complexity index is 747. The summed E-state index contributed by atoms with van der Waals surface area (Å²) < 4.78 is 13.6. The number of nitrogens with one attached hydrogen (secondary N) is 1. The molecule has 0 aliphatic carbocycles. The maximum atomic E-state index is 13.6. The summed E-state index contributed by atoms with van der Waals surface area (Å²) in [5.41, 5.74) is 2.54. The second-order valence-corrected chi connectivity index (χ2v) is 5.36. The van der Waals surface area contributed by atoms with Crippen LogP contribution >= 0.6 is 11.6 Å². The number of allylic oxidation sites excluding steroid dienone is 1. The number of imide groups is 1. The molecule has 0 saturated carbocycles. The largest absolute Gasteiger partial charge is 0.288 e. The van der Waals surface area contributed by atoms with Gasteiger partial charge in [-0.1, -0.05) is 31.2 Å².